The first-order valence-corrected chi connectivity index (χ1v) is 9.06. The van der Waals surface area contributed by atoms with Crippen LogP contribution in [0.3, 0.4) is 0 Å². The Kier molecular flexibility index (Phi) is 4.23. The fourth-order valence-electron chi connectivity index (χ4n) is 3.22. The highest BCUT2D eigenvalue weighted by Gasteiger charge is 2.44. The van der Waals surface area contributed by atoms with E-state index in [2.05, 4.69) is 4.98 Å². The summed E-state index contributed by atoms with van der Waals surface area (Å²) < 4.78 is 27.4. The SMILES string of the molecule is CC(C)N1[C@H](Cc2ccncc2)[C@H](O)c2ccccc2S1(=O)=O. The molecule has 0 saturated carbocycles. The van der Waals surface area contributed by atoms with Crippen LogP contribution in [-0.2, 0) is 16.4 Å². The summed E-state index contributed by atoms with van der Waals surface area (Å²) in [6.45, 7) is 3.66. The van der Waals surface area contributed by atoms with Gasteiger partial charge in [-0.25, -0.2) is 8.42 Å². The van der Waals surface area contributed by atoms with Crippen LogP contribution in [0.2, 0.25) is 0 Å². The highest BCUT2D eigenvalue weighted by Crippen LogP contribution is 2.39. The second-order valence-electron chi connectivity index (χ2n) is 6.04. The zero-order valence-electron chi connectivity index (χ0n) is 13.1. The Morgan fingerprint density at radius 2 is 1.83 bits per heavy atom. The lowest BCUT2D eigenvalue weighted by molar-refractivity contribution is 0.0685. The fraction of sp³-hybridized carbons (Fsp3) is 0.353. The van der Waals surface area contributed by atoms with Gasteiger partial charge in [0.15, 0.2) is 0 Å². The van der Waals surface area contributed by atoms with Crippen LogP contribution in [0.25, 0.3) is 0 Å². The van der Waals surface area contributed by atoms with Crippen molar-refractivity contribution in [2.75, 3.05) is 0 Å². The zero-order valence-corrected chi connectivity index (χ0v) is 13.9. The maximum Gasteiger partial charge on any atom is 0.244 e. The summed E-state index contributed by atoms with van der Waals surface area (Å²) in [5.41, 5.74) is 1.42. The quantitative estimate of drug-likeness (QED) is 0.935. The highest BCUT2D eigenvalue weighted by molar-refractivity contribution is 7.89. The van der Waals surface area contributed by atoms with Crippen molar-refractivity contribution in [3.05, 3.63) is 59.9 Å². The van der Waals surface area contributed by atoms with Gasteiger partial charge in [-0.05, 0) is 44.0 Å². The van der Waals surface area contributed by atoms with Crippen molar-refractivity contribution in [3.8, 4) is 0 Å². The largest absolute Gasteiger partial charge is 0.387 e. The normalized spacial score (nSPS) is 23.7. The van der Waals surface area contributed by atoms with Crippen LogP contribution >= 0.6 is 0 Å². The van der Waals surface area contributed by atoms with E-state index in [0.29, 0.717) is 12.0 Å². The van der Waals surface area contributed by atoms with Crippen LogP contribution in [0.1, 0.15) is 31.1 Å². The number of fused-ring (bicyclic) bond motifs is 1. The average Bonchev–Trinajstić information content (AvgIpc) is 2.53. The molecule has 1 aromatic heterocycles. The first kappa shape index (κ1) is 16.1. The minimum Gasteiger partial charge on any atom is -0.387 e. The van der Waals surface area contributed by atoms with Crippen LogP contribution in [0, 0.1) is 0 Å². The second-order valence-corrected chi connectivity index (χ2v) is 7.85. The number of aromatic nitrogens is 1. The van der Waals surface area contributed by atoms with Crippen LogP contribution < -0.4 is 0 Å². The molecule has 0 fully saturated rings. The summed E-state index contributed by atoms with van der Waals surface area (Å²) in [5.74, 6) is 0. The molecule has 1 aliphatic rings. The Labute approximate surface area is 136 Å². The van der Waals surface area contributed by atoms with E-state index < -0.39 is 22.2 Å². The molecule has 3 rings (SSSR count). The van der Waals surface area contributed by atoms with Crippen molar-refractivity contribution in [2.45, 2.75) is 43.4 Å². The third kappa shape index (κ3) is 2.78. The number of hydrogen-bond donors (Lipinski definition) is 1. The van der Waals surface area contributed by atoms with Crippen molar-refractivity contribution in [1.29, 1.82) is 0 Å². The monoisotopic (exact) mass is 332 g/mol. The van der Waals surface area contributed by atoms with Crippen molar-refractivity contribution in [2.24, 2.45) is 0 Å². The van der Waals surface area contributed by atoms with Gasteiger partial charge in [-0.2, -0.15) is 4.31 Å². The van der Waals surface area contributed by atoms with Crippen LogP contribution in [0.15, 0.2) is 53.7 Å². The molecule has 1 N–H and O–H groups in total. The maximum absolute atomic E-state index is 13.0. The molecule has 2 aromatic rings. The average molecular weight is 332 g/mol. The molecule has 1 aromatic carbocycles. The third-order valence-corrected chi connectivity index (χ3v) is 6.36. The van der Waals surface area contributed by atoms with Gasteiger partial charge < -0.3 is 5.11 Å². The van der Waals surface area contributed by atoms with E-state index in [1.165, 1.54) is 4.31 Å². The molecule has 0 radical (unpaired) electrons. The minimum atomic E-state index is -3.63. The summed E-state index contributed by atoms with van der Waals surface area (Å²) in [7, 11) is -3.63. The number of nitrogens with zero attached hydrogens (tertiary/aromatic N) is 2. The maximum atomic E-state index is 13.0. The number of benzene rings is 1. The van der Waals surface area contributed by atoms with Crippen LogP contribution in [0.4, 0.5) is 0 Å². The molecule has 0 bridgehead atoms. The van der Waals surface area contributed by atoms with E-state index in [1.54, 1.807) is 36.7 Å². The molecule has 1 aliphatic heterocycles. The lowest BCUT2D eigenvalue weighted by atomic mass is 9.95. The van der Waals surface area contributed by atoms with Gasteiger partial charge in [0.25, 0.3) is 0 Å². The Hall–Kier alpha value is -1.76. The lowest BCUT2D eigenvalue weighted by Gasteiger charge is -2.41. The van der Waals surface area contributed by atoms with Crippen molar-refractivity contribution < 1.29 is 13.5 Å². The fourth-order valence-corrected chi connectivity index (χ4v) is 5.29. The van der Waals surface area contributed by atoms with E-state index in [1.807, 2.05) is 26.0 Å². The minimum absolute atomic E-state index is 0.201. The van der Waals surface area contributed by atoms with E-state index >= 15 is 0 Å². The van der Waals surface area contributed by atoms with E-state index in [4.69, 9.17) is 0 Å². The summed E-state index contributed by atoms with van der Waals surface area (Å²) in [4.78, 5) is 4.18. The molecule has 122 valence electrons. The van der Waals surface area contributed by atoms with Gasteiger partial charge in [-0.3, -0.25) is 4.98 Å². The first-order chi connectivity index (χ1) is 10.9. The number of aliphatic hydroxyl groups excluding tert-OH is 1. The number of sulfonamides is 1. The van der Waals surface area contributed by atoms with Gasteiger partial charge in [0.2, 0.25) is 10.0 Å². The van der Waals surface area contributed by atoms with Crippen molar-refractivity contribution >= 4 is 10.0 Å². The smallest absolute Gasteiger partial charge is 0.244 e. The number of aliphatic hydroxyl groups is 1. The second kappa shape index (κ2) is 6.03. The zero-order chi connectivity index (χ0) is 16.6. The van der Waals surface area contributed by atoms with Gasteiger partial charge in [0.05, 0.1) is 17.0 Å². The molecule has 23 heavy (non-hydrogen) atoms. The number of hydrogen-bond acceptors (Lipinski definition) is 4. The van der Waals surface area contributed by atoms with Gasteiger partial charge in [-0.15, -0.1) is 0 Å². The summed E-state index contributed by atoms with van der Waals surface area (Å²) in [6.07, 6.45) is 2.93. The first-order valence-electron chi connectivity index (χ1n) is 7.62. The van der Waals surface area contributed by atoms with Gasteiger partial charge in [-0.1, -0.05) is 18.2 Å². The van der Waals surface area contributed by atoms with Crippen molar-refractivity contribution in [1.82, 2.24) is 9.29 Å². The molecule has 2 atom stereocenters. The Morgan fingerprint density at radius 3 is 2.48 bits per heavy atom. The van der Waals surface area contributed by atoms with Crippen LogP contribution in [-0.4, -0.2) is 34.9 Å². The van der Waals surface area contributed by atoms with Crippen molar-refractivity contribution in [3.63, 3.8) is 0 Å². The van der Waals surface area contributed by atoms with Gasteiger partial charge in [0.1, 0.15) is 0 Å². The standard InChI is InChI=1S/C17H20N2O3S/c1-12(2)19-15(11-13-7-9-18-10-8-13)17(20)14-5-3-4-6-16(14)23(19,21)22/h3-10,12,15,17,20H,11H2,1-2H3/t15-,17-/m1/s1. The molecular formula is C17H20N2O3S. The highest BCUT2D eigenvalue weighted by atomic mass is 32.2. The topological polar surface area (TPSA) is 70.5 Å². The van der Waals surface area contributed by atoms with E-state index in [-0.39, 0.29) is 10.9 Å². The number of rotatable bonds is 3. The Morgan fingerprint density at radius 1 is 1.17 bits per heavy atom. The molecule has 5 nitrogen and oxygen atoms in total. The van der Waals surface area contributed by atoms with E-state index in [9.17, 15) is 13.5 Å². The molecule has 6 heteroatoms. The molecule has 0 unspecified atom stereocenters. The molecule has 2 heterocycles. The summed E-state index contributed by atoms with van der Waals surface area (Å²) >= 11 is 0. The molecule has 0 aliphatic carbocycles. The van der Waals surface area contributed by atoms with Crippen LogP contribution in [0.5, 0.6) is 0 Å². The van der Waals surface area contributed by atoms with Gasteiger partial charge >= 0.3 is 0 Å². The predicted molar refractivity (Wildman–Crippen MR) is 87.3 cm³/mol. The molecule has 0 amide bonds. The number of pyridine rings is 1. The van der Waals surface area contributed by atoms with E-state index in [0.717, 1.165) is 5.56 Å². The predicted octanol–water partition coefficient (Wildman–Crippen LogP) is 2.14. The molecule has 0 saturated heterocycles. The lowest BCUT2D eigenvalue weighted by Crippen LogP contribution is -2.52. The molecular weight excluding hydrogens is 312 g/mol. The van der Waals surface area contributed by atoms with Gasteiger partial charge in [0, 0.05) is 24.0 Å². The third-order valence-electron chi connectivity index (χ3n) is 4.19. The summed E-state index contributed by atoms with van der Waals surface area (Å²) in [6, 6.07) is 9.61. The summed E-state index contributed by atoms with van der Waals surface area (Å²) in [5, 5.41) is 10.8. The molecule has 0 spiro atoms. The Bertz CT molecular complexity index is 790. The Balaban J connectivity index is 2.11.